The molecule has 0 radical (unpaired) electrons. The second-order valence-corrected chi connectivity index (χ2v) is 8.43. The van der Waals surface area contributed by atoms with Gasteiger partial charge in [-0.1, -0.05) is 17.7 Å². The standard InChI is InChI=1S/C23H25FN2S/c1-17-3-9-22(10-4-17)26-18(2)20(16-25-11-13-27-14-12-25)15-23(26)19-5-7-21(24)8-6-19/h3-10,15H,11-14,16H2,1-2H3. The molecule has 0 aliphatic carbocycles. The van der Waals surface area contributed by atoms with Crippen molar-refractivity contribution in [3.05, 3.63) is 77.2 Å². The first-order chi connectivity index (χ1) is 13.1. The van der Waals surface area contributed by atoms with Crippen LogP contribution in [0, 0.1) is 19.7 Å². The van der Waals surface area contributed by atoms with E-state index in [9.17, 15) is 4.39 Å². The van der Waals surface area contributed by atoms with E-state index in [0.29, 0.717) is 0 Å². The Kier molecular flexibility index (Phi) is 5.37. The van der Waals surface area contributed by atoms with Gasteiger partial charge in [0.25, 0.3) is 0 Å². The first-order valence-corrected chi connectivity index (χ1v) is 10.6. The first kappa shape index (κ1) is 18.3. The van der Waals surface area contributed by atoms with E-state index in [1.807, 2.05) is 23.9 Å². The molecule has 2 heterocycles. The fraction of sp³-hybridized carbons (Fsp3) is 0.304. The van der Waals surface area contributed by atoms with E-state index in [4.69, 9.17) is 0 Å². The minimum Gasteiger partial charge on any atom is -0.314 e. The zero-order valence-electron chi connectivity index (χ0n) is 15.9. The molecule has 1 aliphatic rings. The highest BCUT2D eigenvalue weighted by molar-refractivity contribution is 7.99. The predicted octanol–water partition coefficient (Wildman–Crippen LogP) is 5.45. The molecule has 27 heavy (non-hydrogen) atoms. The van der Waals surface area contributed by atoms with Crippen molar-refractivity contribution in [1.82, 2.24) is 9.47 Å². The van der Waals surface area contributed by atoms with Gasteiger partial charge in [0.15, 0.2) is 0 Å². The summed E-state index contributed by atoms with van der Waals surface area (Å²) in [6.07, 6.45) is 0. The summed E-state index contributed by atoms with van der Waals surface area (Å²) in [6.45, 7) is 7.56. The molecule has 4 rings (SSSR count). The molecule has 2 nitrogen and oxygen atoms in total. The summed E-state index contributed by atoms with van der Waals surface area (Å²) >= 11 is 2.04. The van der Waals surface area contributed by atoms with Crippen molar-refractivity contribution >= 4 is 11.8 Å². The summed E-state index contributed by atoms with van der Waals surface area (Å²) in [7, 11) is 0. The molecule has 0 N–H and O–H groups in total. The van der Waals surface area contributed by atoms with Gasteiger partial charge in [-0.15, -0.1) is 0 Å². The average Bonchev–Trinajstić information content (AvgIpc) is 3.00. The molecule has 1 aliphatic heterocycles. The molecule has 0 amide bonds. The van der Waals surface area contributed by atoms with Crippen molar-refractivity contribution in [2.45, 2.75) is 20.4 Å². The van der Waals surface area contributed by atoms with E-state index < -0.39 is 0 Å². The minimum atomic E-state index is -0.199. The van der Waals surface area contributed by atoms with Crippen LogP contribution in [0.3, 0.4) is 0 Å². The Morgan fingerprint density at radius 1 is 0.926 bits per heavy atom. The number of thioether (sulfide) groups is 1. The van der Waals surface area contributed by atoms with Crippen molar-refractivity contribution in [2.75, 3.05) is 24.6 Å². The molecule has 4 heteroatoms. The lowest BCUT2D eigenvalue weighted by Crippen LogP contribution is -2.32. The molecule has 140 valence electrons. The van der Waals surface area contributed by atoms with Gasteiger partial charge in [0.1, 0.15) is 5.82 Å². The first-order valence-electron chi connectivity index (χ1n) is 9.46. The van der Waals surface area contributed by atoms with E-state index in [2.05, 4.69) is 53.6 Å². The molecule has 1 saturated heterocycles. The number of hydrogen-bond donors (Lipinski definition) is 0. The second kappa shape index (κ2) is 7.91. The Morgan fingerprint density at radius 3 is 2.26 bits per heavy atom. The summed E-state index contributed by atoms with van der Waals surface area (Å²) < 4.78 is 15.8. The van der Waals surface area contributed by atoms with Gasteiger partial charge in [-0.3, -0.25) is 4.90 Å². The van der Waals surface area contributed by atoms with Gasteiger partial charge in [0.05, 0.1) is 5.69 Å². The molecule has 0 unspecified atom stereocenters. The summed E-state index contributed by atoms with van der Waals surface area (Å²) in [5.74, 6) is 2.22. The van der Waals surface area contributed by atoms with Crippen LogP contribution in [0.1, 0.15) is 16.8 Å². The number of hydrogen-bond acceptors (Lipinski definition) is 2. The highest BCUT2D eigenvalue weighted by atomic mass is 32.2. The van der Waals surface area contributed by atoms with E-state index in [1.54, 1.807) is 12.1 Å². The number of aromatic nitrogens is 1. The van der Waals surface area contributed by atoms with Gasteiger partial charge in [-0.2, -0.15) is 11.8 Å². The van der Waals surface area contributed by atoms with Crippen LogP contribution in [-0.4, -0.2) is 34.1 Å². The van der Waals surface area contributed by atoms with Crippen LogP contribution >= 0.6 is 11.8 Å². The molecule has 3 aromatic rings. The Labute approximate surface area is 165 Å². The van der Waals surface area contributed by atoms with Crippen molar-refractivity contribution in [1.29, 1.82) is 0 Å². The lowest BCUT2D eigenvalue weighted by molar-refractivity contribution is 0.294. The van der Waals surface area contributed by atoms with Crippen LogP contribution < -0.4 is 0 Å². The monoisotopic (exact) mass is 380 g/mol. The zero-order chi connectivity index (χ0) is 18.8. The third-order valence-corrected chi connectivity index (χ3v) is 6.22. The molecule has 1 fully saturated rings. The SMILES string of the molecule is Cc1ccc(-n2c(-c3ccc(F)cc3)cc(CN3CCSCC3)c2C)cc1. The summed E-state index contributed by atoms with van der Waals surface area (Å²) in [4.78, 5) is 2.53. The highest BCUT2D eigenvalue weighted by Gasteiger charge is 2.18. The van der Waals surface area contributed by atoms with Crippen molar-refractivity contribution in [3.63, 3.8) is 0 Å². The van der Waals surface area contributed by atoms with Gasteiger partial charge >= 0.3 is 0 Å². The van der Waals surface area contributed by atoms with E-state index in [0.717, 1.165) is 36.6 Å². The van der Waals surface area contributed by atoms with E-state index in [-0.39, 0.29) is 5.82 Å². The topological polar surface area (TPSA) is 8.17 Å². The zero-order valence-corrected chi connectivity index (χ0v) is 16.7. The van der Waals surface area contributed by atoms with E-state index in [1.165, 1.54) is 28.3 Å². The number of nitrogens with zero attached hydrogens (tertiary/aromatic N) is 2. The molecular formula is C23H25FN2S. The minimum absolute atomic E-state index is 0.199. The molecule has 0 bridgehead atoms. The molecule has 0 spiro atoms. The Balaban J connectivity index is 1.78. The highest BCUT2D eigenvalue weighted by Crippen LogP contribution is 2.31. The van der Waals surface area contributed by atoms with Crippen LogP contribution in [0.2, 0.25) is 0 Å². The Hall–Kier alpha value is -2.04. The van der Waals surface area contributed by atoms with E-state index >= 15 is 0 Å². The molecular weight excluding hydrogens is 355 g/mol. The van der Waals surface area contributed by atoms with Gasteiger partial charge in [0.2, 0.25) is 0 Å². The normalized spacial score (nSPS) is 15.2. The van der Waals surface area contributed by atoms with Crippen molar-refractivity contribution in [2.24, 2.45) is 0 Å². The smallest absolute Gasteiger partial charge is 0.123 e. The lowest BCUT2D eigenvalue weighted by Gasteiger charge is -2.26. The number of aryl methyl sites for hydroxylation is 1. The Bertz CT molecular complexity index is 907. The average molecular weight is 381 g/mol. The van der Waals surface area contributed by atoms with Crippen molar-refractivity contribution in [3.8, 4) is 16.9 Å². The maximum Gasteiger partial charge on any atom is 0.123 e. The van der Waals surface area contributed by atoms with Crippen LogP contribution in [0.5, 0.6) is 0 Å². The fourth-order valence-corrected chi connectivity index (χ4v) is 4.66. The number of halogens is 1. The Morgan fingerprint density at radius 2 is 1.59 bits per heavy atom. The van der Waals surface area contributed by atoms with Gasteiger partial charge in [-0.05, 0) is 67.4 Å². The summed E-state index contributed by atoms with van der Waals surface area (Å²) in [5, 5.41) is 0. The fourth-order valence-electron chi connectivity index (χ4n) is 3.68. The lowest BCUT2D eigenvalue weighted by atomic mass is 10.1. The van der Waals surface area contributed by atoms with Crippen LogP contribution in [0.15, 0.2) is 54.6 Å². The van der Waals surface area contributed by atoms with Gasteiger partial charge in [-0.25, -0.2) is 4.39 Å². The third kappa shape index (κ3) is 3.97. The molecule has 1 aromatic heterocycles. The molecule has 2 aromatic carbocycles. The maximum absolute atomic E-state index is 13.4. The van der Waals surface area contributed by atoms with Crippen LogP contribution in [-0.2, 0) is 6.54 Å². The molecule has 0 saturated carbocycles. The number of rotatable bonds is 4. The van der Waals surface area contributed by atoms with Gasteiger partial charge < -0.3 is 4.57 Å². The van der Waals surface area contributed by atoms with Crippen molar-refractivity contribution < 1.29 is 4.39 Å². The van der Waals surface area contributed by atoms with Crippen LogP contribution in [0.25, 0.3) is 16.9 Å². The predicted molar refractivity (Wildman–Crippen MR) is 113 cm³/mol. The molecule has 0 atom stereocenters. The summed E-state index contributed by atoms with van der Waals surface area (Å²) in [5.41, 5.74) is 7.17. The maximum atomic E-state index is 13.4. The summed E-state index contributed by atoms with van der Waals surface area (Å²) in [6, 6.07) is 17.7. The quantitative estimate of drug-likeness (QED) is 0.595. The largest absolute Gasteiger partial charge is 0.314 e. The number of benzene rings is 2. The van der Waals surface area contributed by atoms with Gasteiger partial charge in [0, 0.05) is 42.5 Å². The second-order valence-electron chi connectivity index (χ2n) is 7.21. The van der Waals surface area contributed by atoms with Crippen LogP contribution in [0.4, 0.5) is 4.39 Å². The third-order valence-electron chi connectivity index (χ3n) is 5.28.